The number of anilines is 1. The van der Waals surface area contributed by atoms with Gasteiger partial charge < -0.3 is 13.9 Å². The molecule has 0 fully saturated rings. The molecule has 178 valence electrons. The number of nitrogens with zero attached hydrogens (tertiary/aromatic N) is 2. The first-order valence-electron chi connectivity index (χ1n) is 11.7. The van der Waals surface area contributed by atoms with E-state index in [1.807, 2.05) is 31.2 Å². The lowest BCUT2D eigenvalue weighted by atomic mass is 9.98. The highest BCUT2D eigenvalue weighted by molar-refractivity contribution is 6.10. The van der Waals surface area contributed by atoms with E-state index in [2.05, 4.69) is 11.9 Å². The van der Waals surface area contributed by atoms with Crippen molar-refractivity contribution in [3.8, 4) is 11.5 Å². The van der Waals surface area contributed by atoms with Crippen LogP contribution in [0.4, 0.5) is 5.82 Å². The number of ether oxygens (including phenoxy) is 2. The number of amides is 1. The van der Waals surface area contributed by atoms with Crippen LogP contribution in [-0.2, 0) is 0 Å². The van der Waals surface area contributed by atoms with Gasteiger partial charge in [-0.2, -0.15) is 0 Å². The highest BCUT2D eigenvalue weighted by Gasteiger charge is 2.44. The van der Waals surface area contributed by atoms with Crippen molar-refractivity contribution in [2.24, 2.45) is 0 Å². The Morgan fingerprint density at radius 2 is 1.89 bits per heavy atom. The average molecular weight is 471 g/mol. The highest BCUT2D eigenvalue weighted by Crippen LogP contribution is 2.42. The van der Waals surface area contributed by atoms with E-state index >= 15 is 0 Å². The summed E-state index contributed by atoms with van der Waals surface area (Å²) in [5.74, 6) is 1.19. The molecule has 1 aliphatic rings. The number of fused-ring (bicyclic) bond motifs is 2. The molecule has 1 atom stereocenters. The Hall–Kier alpha value is -4.13. The minimum absolute atomic E-state index is 0.0308. The van der Waals surface area contributed by atoms with Crippen LogP contribution >= 0.6 is 0 Å². The number of aryl methyl sites for hydroxylation is 1. The molecular weight excluding hydrogens is 444 g/mol. The third kappa shape index (κ3) is 3.93. The summed E-state index contributed by atoms with van der Waals surface area (Å²) in [5.41, 5.74) is 2.08. The summed E-state index contributed by atoms with van der Waals surface area (Å²) < 4.78 is 17.5. The predicted octanol–water partition coefficient (Wildman–Crippen LogP) is 5.43. The van der Waals surface area contributed by atoms with E-state index in [0.29, 0.717) is 40.5 Å². The second-order valence-corrected chi connectivity index (χ2v) is 8.55. The number of aromatic nitrogens is 1. The lowest BCUT2D eigenvalue weighted by Gasteiger charge is -2.25. The van der Waals surface area contributed by atoms with Gasteiger partial charge in [0, 0.05) is 6.20 Å². The van der Waals surface area contributed by atoms with E-state index in [0.717, 1.165) is 18.4 Å². The summed E-state index contributed by atoms with van der Waals surface area (Å²) in [6, 6.07) is 15.4. The molecule has 1 amide bonds. The van der Waals surface area contributed by atoms with E-state index in [-0.39, 0.29) is 16.8 Å². The molecular formula is C28H26N2O5. The molecule has 0 N–H and O–H groups in total. The number of hydrogen-bond donors (Lipinski definition) is 0. The average Bonchev–Trinajstić information content (AvgIpc) is 3.17. The van der Waals surface area contributed by atoms with Crippen molar-refractivity contribution in [1.29, 1.82) is 0 Å². The molecule has 2 aromatic carbocycles. The Bertz CT molecular complexity index is 1460. The van der Waals surface area contributed by atoms with Gasteiger partial charge >= 0.3 is 0 Å². The predicted molar refractivity (Wildman–Crippen MR) is 134 cm³/mol. The van der Waals surface area contributed by atoms with Crippen LogP contribution in [0.2, 0.25) is 0 Å². The zero-order chi connectivity index (χ0) is 24.5. The van der Waals surface area contributed by atoms with Gasteiger partial charge in [-0.25, -0.2) is 4.98 Å². The van der Waals surface area contributed by atoms with Gasteiger partial charge in [-0.05, 0) is 54.8 Å². The molecule has 1 aliphatic heterocycles. The van der Waals surface area contributed by atoms with E-state index < -0.39 is 11.9 Å². The summed E-state index contributed by atoms with van der Waals surface area (Å²) in [6.45, 7) is 4.60. The van der Waals surface area contributed by atoms with E-state index in [1.54, 1.807) is 43.6 Å². The fourth-order valence-corrected chi connectivity index (χ4v) is 4.37. The van der Waals surface area contributed by atoms with Crippen LogP contribution in [0, 0.1) is 6.92 Å². The van der Waals surface area contributed by atoms with Gasteiger partial charge in [-0.3, -0.25) is 14.5 Å². The molecule has 0 spiro atoms. The third-order valence-electron chi connectivity index (χ3n) is 6.18. The SMILES string of the molecule is CCCCOc1ccc([C@H]2c3c(oc4ccccc4c3=O)C(=O)N2c2ccc(C)cn2)cc1OC. The topological polar surface area (TPSA) is 81.9 Å². The Kier molecular flexibility index (Phi) is 5.99. The summed E-state index contributed by atoms with van der Waals surface area (Å²) in [7, 11) is 1.57. The number of benzene rings is 2. The lowest BCUT2D eigenvalue weighted by Crippen LogP contribution is -2.30. The van der Waals surface area contributed by atoms with Crippen LogP contribution in [-0.4, -0.2) is 24.6 Å². The maximum Gasteiger partial charge on any atom is 0.296 e. The maximum absolute atomic E-state index is 13.7. The number of unbranched alkanes of at least 4 members (excludes halogenated alkanes) is 1. The van der Waals surface area contributed by atoms with Gasteiger partial charge in [-0.15, -0.1) is 0 Å². The Morgan fingerprint density at radius 3 is 2.63 bits per heavy atom. The minimum atomic E-state index is -0.729. The van der Waals surface area contributed by atoms with Crippen molar-refractivity contribution >= 4 is 22.7 Å². The molecule has 7 heteroatoms. The van der Waals surface area contributed by atoms with Crippen LogP contribution in [0.5, 0.6) is 11.5 Å². The largest absolute Gasteiger partial charge is 0.493 e. The van der Waals surface area contributed by atoms with Gasteiger partial charge in [0.1, 0.15) is 11.4 Å². The Morgan fingerprint density at radius 1 is 1.06 bits per heavy atom. The van der Waals surface area contributed by atoms with Crippen LogP contribution < -0.4 is 19.8 Å². The van der Waals surface area contributed by atoms with Crippen molar-refractivity contribution < 1.29 is 18.7 Å². The second-order valence-electron chi connectivity index (χ2n) is 8.55. The molecule has 4 aromatic rings. The molecule has 0 unspecified atom stereocenters. The van der Waals surface area contributed by atoms with Crippen LogP contribution in [0.15, 0.2) is 70.0 Å². The number of hydrogen-bond acceptors (Lipinski definition) is 6. The monoisotopic (exact) mass is 470 g/mol. The third-order valence-corrected chi connectivity index (χ3v) is 6.18. The van der Waals surface area contributed by atoms with Crippen molar-refractivity contribution in [3.05, 3.63) is 93.5 Å². The van der Waals surface area contributed by atoms with Crippen LogP contribution in [0.1, 0.15) is 53.1 Å². The lowest BCUT2D eigenvalue weighted by molar-refractivity contribution is 0.0970. The molecule has 3 heterocycles. The fourth-order valence-electron chi connectivity index (χ4n) is 4.37. The van der Waals surface area contributed by atoms with Gasteiger partial charge in [0.25, 0.3) is 5.91 Å². The van der Waals surface area contributed by atoms with Gasteiger partial charge in [0.05, 0.1) is 30.7 Å². The second kappa shape index (κ2) is 9.25. The summed E-state index contributed by atoms with van der Waals surface area (Å²) in [4.78, 5) is 33.3. The normalized spacial score (nSPS) is 14.9. The van der Waals surface area contributed by atoms with Gasteiger partial charge in [0.2, 0.25) is 5.76 Å². The first-order valence-corrected chi connectivity index (χ1v) is 11.7. The summed E-state index contributed by atoms with van der Waals surface area (Å²) >= 11 is 0. The molecule has 0 radical (unpaired) electrons. The smallest absolute Gasteiger partial charge is 0.296 e. The molecule has 0 bridgehead atoms. The number of rotatable bonds is 7. The molecule has 7 nitrogen and oxygen atoms in total. The minimum Gasteiger partial charge on any atom is -0.493 e. The molecule has 5 rings (SSSR count). The molecule has 2 aromatic heterocycles. The number of para-hydroxylation sites is 1. The van der Waals surface area contributed by atoms with E-state index in [4.69, 9.17) is 13.9 Å². The van der Waals surface area contributed by atoms with Crippen molar-refractivity contribution in [1.82, 2.24) is 4.98 Å². The van der Waals surface area contributed by atoms with E-state index in [1.165, 1.54) is 4.90 Å². The van der Waals surface area contributed by atoms with Crippen molar-refractivity contribution in [2.75, 3.05) is 18.6 Å². The number of carbonyl (C=O) groups is 1. The summed E-state index contributed by atoms with van der Waals surface area (Å²) in [5, 5.41) is 0.425. The number of pyridine rings is 1. The first kappa shape index (κ1) is 22.7. The summed E-state index contributed by atoms with van der Waals surface area (Å²) in [6.07, 6.45) is 3.64. The van der Waals surface area contributed by atoms with Gasteiger partial charge in [0.15, 0.2) is 16.9 Å². The molecule has 0 aliphatic carbocycles. The van der Waals surface area contributed by atoms with Gasteiger partial charge in [-0.1, -0.05) is 37.6 Å². The van der Waals surface area contributed by atoms with Crippen molar-refractivity contribution in [2.45, 2.75) is 32.7 Å². The maximum atomic E-state index is 13.7. The number of carbonyl (C=O) groups excluding carboxylic acids is 1. The fraction of sp³-hybridized carbons (Fsp3) is 0.250. The zero-order valence-corrected chi connectivity index (χ0v) is 19.9. The molecule has 0 saturated heterocycles. The molecule has 35 heavy (non-hydrogen) atoms. The Labute approximate surface area is 202 Å². The van der Waals surface area contributed by atoms with Crippen LogP contribution in [0.25, 0.3) is 11.0 Å². The Balaban J connectivity index is 1.70. The number of methoxy groups -OCH3 is 1. The first-order chi connectivity index (χ1) is 17.0. The molecule has 0 saturated carbocycles. The van der Waals surface area contributed by atoms with Crippen LogP contribution in [0.3, 0.4) is 0 Å². The quantitative estimate of drug-likeness (QED) is 0.335. The highest BCUT2D eigenvalue weighted by atomic mass is 16.5. The standard InChI is InChI=1S/C28H26N2O5/c1-4-5-14-34-21-12-11-18(15-22(21)33-3)25-24-26(31)19-8-6-7-9-20(19)35-27(24)28(32)30(25)23-13-10-17(2)16-29-23/h6-13,15-16,25H,4-5,14H2,1-3H3/t25-/m0/s1. The zero-order valence-electron chi connectivity index (χ0n) is 19.9. The van der Waals surface area contributed by atoms with Crippen molar-refractivity contribution in [3.63, 3.8) is 0 Å². The van der Waals surface area contributed by atoms with E-state index in [9.17, 15) is 9.59 Å².